The molecule has 0 aliphatic rings. The van der Waals surface area contributed by atoms with Gasteiger partial charge in [0.1, 0.15) is 0 Å². The van der Waals surface area contributed by atoms with Crippen LogP contribution in [0.1, 0.15) is 0 Å². The molecule has 0 unspecified atom stereocenters. The minimum absolute atomic E-state index is 0.876. The summed E-state index contributed by atoms with van der Waals surface area (Å²) in [4.78, 5) is 3.83. The summed E-state index contributed by atoms with van der Waals surface area (Å²) in [5, 5.41) is 6.28. The van der Waals surface area contributed by atoms with Crippen molar-refractivity contribution in [3.63, 3.8) is 0 Å². The van der Waals surface area contributed by atoms with E-state index < -0.39 is 0 Å². The van der Waals surface area contributed by atoms with Crippen LogP contribution in [0.15, 0.2) is 40.4 Å². The van der Waals surface area contributed by atoms with Crippen molar-refractivity contribution in [1.82, 2.24) is 0 Å². The summed E-state index contributed by atoms with van der Waals surface area (Å²) >= 11 is 5.25. The van der Waals surface area contributed by atoms with Gasteiger partial charge in [0.15, 0.2) is 0 Å². The van der Waals surface area contributed by atoms with Crippen LogP contribution in [-0.2, 0) is 0 Å². The third-order valence-corrected chi connectivity index (χ3v) is 5.28. The number of nitrogen functional groups attached to an aromatic ring is 1. The van der Waals surface area contributed by atoms with Gasteiger partial charge in [0.25, 0.3) is 0 Å². The molecule has 80 valence electrons. The summed E-state index contributed by atoms with van der Waals surface area (Å²) in [6.45, 7) is 0. The third-order valence-electron chi connectivity index (χ3n) is 2.35. The van der Waals surface area contributed by atoms with Crippen LogP contribution in [0.25, 0.3) is 20.2 Å². The molecule has 1 nitrogen and oxygen atoms in total. The van der Waals surface area contributed by atoms with E-state index in [0.29, 0.717) is 0 Å². The Morgan fingerprint density at radius 3 is 2.31 bits per heavy atom. The lowest BCUT2D eigenvalue weighted by atomic mass is 10.2. The molecule has 3 rings (SSSR count). The van der Waals surface area contributed by atoms with Gasteiger partial charge >= 0.3 is 0 Å². The molecule has 0 fully saturated rings. The van der Waals surface area contributed by atoms with Crippen molar-refractivity contribution in [3.05, 3.63) is 40.4 Å². The number of anilines is 1. The van der Waals surface area contributed by atoms with Crippen LogP contribution in [0, 0.1) is 0 Å². The van der Waals surface area contributed by atoms with E-state index in [-0.39, 0.29) is 0 Å². The Kier molecular flexibility index (Phi) is 2.55. The second-order valence-corrected chi connectivity index (χ2v) is 6.13. The fourth-order valence-corrected chi connectivity index (χ4v) is 4.33. The van der Waals surface area contributed by atoms with E-state index in [9.17, 15) is 0 Å². The van der Waals surface area contributed by atoms with Gasteiger partial charge in [-0.3, -0.25) is 0 Å². The number of thiophene rings is 3. The Balaban J connectivity index is 2.17. The Morgan fingerprint density at radius 1 is 0.812 bits per heavy atom. The summed E-state index contributed by atoms with van der Waals surface area (Å²) in [7, 11) is 0. The van der Waals surface area contributed by atoms with Crippen molar-refractivity contribution < 1.29 is 0 Å². The Morgan fingerprint density at radius 2 is 1.62 bits per heavy atom. The molecule has 0 amide bonds. The lowest BCUT2D eigenvalue weighted by Crippen LogP contribution is -1.83. The first kappa shape index (κ1) is 10.1. The zero-order valence-corrected chi connectivity index (χ0v) is 10.8. The van der Waals surface area contributed by atoms with E-state index in [4.69, 9.17) is 5.73 Å². The maximum Gasteiger partial charge on any atom is 0.0587 e. The molecule has 0 radical (unpaired) electrons. The quantitative estimate of drug-likeness (QED) is 0.707. The zero-order chi connectivity index (χ0) is 11.0. The first-order chi connectivity index (χ1) is 7.86. The maximum absolute atomic E-state index is 5.97. The van der Waals surface area contributed by atoms with Gasteiger partial charge in [-0.2, -0.15) is 0 Å². The molecule has 0 saturated heterocycles. The molecule has 0 aromatic carbocycles. The van der Waals surface area contributed by atoms with Crippen LogP contribution in [0.2, 0.25) is 0 Å². The molecule has 0 aliphatic carbocycles. The summed E-state index contributed by atoms with van der Waals surface area (Å²) in [6.07, 6.45) is 0. The van der Waals surface area contributed by atoms with Crippen LogP contribution < -0.4 is 5.73 Å². The minimum Gasteiger partial charge on any atom is -0.398 e. The van der Waals surface area contributed by atoms with Crippen molar-refractivity contribution in [2.75, 3.05) is 5.73 Å². The van der Waals surface area contributed by atoms with Gasteiger partial charge in [0.2, 0.25) is 0 Å². The number of nitrogens with two attached hydrogens (primary N) is 1. The molecule has 0 bridgehead atoms. The Hall–Kier alpha value is -1.10. The fourth-order valence-electron chi connectivity index (χ4n) is 1.62. The summed E-state index contributed by atoms with van der Waals surface area (Å²) in [5.74, 6) is 0. The number of hydrogen-bond donors (Lipinski definition) is 1. The smallest absolute Gasteiger partial charge is 0.0587 e. The van der Waals surface area contributed by atoms with E-state index in [0.717, 1.165) is 5.69 Å². The van der Waals surface area contributed by atoms with Crippen molar-refractivity contribution >= 4 is 39.7 Å². The average molecular weight is 263 g/mol. The van der Waals surface area contributed by atoms with E-state index in [2.05, 4.69) is 29.0 Å². The van der Waals surface area contributed by atoms with E-state index in [1.54, 1.807) is 34.0 Å². The molecular formula is C12H9NS3. The first-order valence-electron chi connectivity index (χ1n) is 4.81. The molecule has 2 N–H and O–H groups in total. The highest BCUT2D eigenvalue weighted by molar-refractivity contribution is 7.21. The lowest BCUT2D eigenvalue weighted by molar-refractivity contribution is 1.82. The molecule has 0 atom stereocenters. The summed E-state index contributed by atoms with van der Waals surface area (Å²) in [6, 6.07) is 8.36. The third kappa shape index (κ3) is 1.59. The van der Waals surface area contributed by atoms with Gasteiger partial charge in [-0.25, -0.2) is 0 Å². The Bertz CT molecular complexity index is 589. The number of hydrogen-bond acceptors (Lipinski definition) is 4. The van der Waals surface area contributed by atoms with Gasteiger partial charge in [-0.1, -0.05) is 6.07 Å². The van der Waals surface area contributed by atoms with Crippen LogP contribution in [0.5, 0.6) is 0 Å². The predicted molar refractivity (Wildman–Crippen MR) is 75.4 cm³/mol. The van der Waals surface area contributed by atoms with Crippen LogP contribution in [-0.4, -0.2) is 0 Å². The Labute approximate surface area is 106 Å². The van der Waals surface area contributed by atoms with Crippen molar-refractivity contribution in [2.24, 2.45) is 0 Å². The zero-order valence-electron chi connectivity index (χ0n) is 8.34. The predicted octanol–water partition coefficient (Wildman–Crippen LogP) is 4.79. The second kappa shape index (κ2) is 4.05. The van der Waals surface area contributed by atoms with Crippen molar-refractivity contribution in [1.29, 1.82) is 0 Å². The average Bonchev–Trinajstić information content (AvgIpc) is 2.95. The topological polar surface area (TPSA) is 26.0 Å². The largest absolute Gasteiger partial charge is 0.398 e. The molecule has 3 heterocycles. The molecular weight excluding hydrogens is 254 g/mol. The van der Waals surface area contributed by atoms with Crippen LogP contribution in [0.4, 0.5) is 5.69 Å². The standard InChI is InChI=1S/C12H9NS3/c13-9-4-7-15-11(9)8-3-6-16-12(8)10-2-1-5-14-10/h1-7H,13H2. The molecule has 4 heteroatoms. The van der Waals surface area contributed by atoms with Gasteiger partial charge in [-0.05, 0) is 34.3 Å². The van der Waals surface area contributed by atoms with Crippen molar-refractivity contribution in [3.8, 4) is 20.2 Å². The van der Waals surface area contributed by atoms with Gasteiger partial charge < -0.3 is 5.73 Å². The van der Waals surface area contributed by atoms with Crippen LogP contribution >= 0.6 is 34.0 Å². The van der Waals surface area contributed by atoms with Gasteiger partial charge in [0, 0.05) is 10.4 Å². The molecule has 0 aliphatic heterocycles. The summed E-state index contributed by atoms with van der Waals surface area (Å²) in [5.41, 5.74) is 8.11. The van der Waals surface area contributed by atoms with E-state index >= 15 is 0 Å². The van der Waals surface area contributed by atoms with E-state index in [1.165, 1.54) is 20.2 Å². The normalized spacial score (nSPS) is 10.8. The molecule has 0 saturated carbocycles. The number of rotatable bonds is 2. The molecule has 3 aromatic rings. The highest BCUT2D eigenvalue weighted by Crippen LogP contribution is 2.42. The summed E-state index contributed by atoms with van der Waals surface area (Å²) < 4.78 is 0. The second-order valence-electron chi connectivity index (χ2n) is 3.35. The monoisotopic (exact) mass is 263 g/mol. The lowest BCUT2D eigenvalue weighted by Gasteiger charge is -2.00. The minimum atomic E-state index is 0.876. The van der Waals surface area contributed by atoms with Gasteiger partial charge in [0.05, 0.1) is 15.4 Å². The van der Waals surface area contributed by atoms with Gasteiger partial charge in [-0.15, -0.1) is 34.0 Å². The van der Waals surface area contributed by atoms with E-state index in [1.807, 2.05) is 11.4 Å². The maximum atomic E-state index is 5.97. The highest BCUT2D eigenvalue weighted by atomic mass is 32.1. The highest BCUT2D eigenvalue weighted by Gasteiger charge is 2.12. The fraction of sp³-hybridized carbons (Fsp3) is 0. The van der Waals surface area contributed by atoms with Crippen LogP contribution in [0.3, 0.4) is 0 Å². The molecule has 0 spiro atoms. The first-order valence-corrected chi connectivity index (χ1v) is 7.45. The molecule has 16 heavy (non-hydrogen) atoms. The molecule has 3 aromatic heterocycles. The SMILES string of the molecule is Nc1ccsc1-c1ccsc1-c1cccs1. The van der Waals surface area contributed by atoms with Crippen molar-refractivity contribution in [2.45, 2.75) is 0 Å².